The molecule has 0 unspecified atom stereocenters. The molecule has 0 fully saturated rings. The summed E-state index contributed by atoms with van der Waals surface area (Å²) in [7, 11) is 0. The zero-order valence-electron chi connectivity index (χ0n) is 15.1. The van der Waals surface area contributed by atoms with E-state index in [0.717, 1.165) is 34.4 Å². The van der Waals surface area contributed by atoms with Crippen LogP contribution in [0.25, 0.3) is 22.3 Å². The van der Waals surface area contributed by atoms with Crippen molar-refractivity contribution in [3.05, 3.63) is 98.1 Å². The largest absolute Gasteiger partial charge is 0.423 e. The van der Waals surface area contributed by atoms with Crippen molar-refractivity contribution in [3.8, 4) is 33.8 Å². The molecule has 0 N–H and O–H groups in total. The van der Waals surface area contributed by atoms with E-state index in [0.29, 0.717) is 11.5 Å². The lowest BCUT2D eigenvalue weighted by atomic mass is 10.0. The van der Waals surface area contributed by atoms with E-state index in [1.807, 2.05) is 48.5 Å². The fourth-order valence-corrected chi connectivity index (χ4v) is 2.60. The topological polar surface area (TPSA) is 52.6 Å². The van der Waals surface area contributed by atoms with E-state index in [1.165, 1.54) is 0 Å². The van der Waals surface area contributed by atoms with Crippen LogP contribution in [-0.4, -0.2) is 11.9 Å². The third-order valence-electron chi connectivity index (χ3n) is 4.03. The summed E-state index contributed by atoms with van der Waals surface area (Å²) in [5.74, 6) is -0.0187. The Morgan fingerprint density at radius 2 is 0.786 bits per heavy atom. The van der Waals surface area contributed by atoms with Crippen LogP contribution >= 0.6 is 0 Å². The lowest BCUT2D eigenvalue weighted by Crippen LogP contribution is -2.02. The Morgan fingerprint density at radius 3 is 1.04 bits per heavy atom. The van der Waals surface area contributed by atoms with Crippen LogP contribution in [0.4, 0.5) is 0 Å². The lowest BCUT2D eigenvalue weighted by Gasteiger charge is -2.07. The smallest absolute Gasteiger partial charge is 0.335 e. The first-order valence-corrected chi connectivity index (χ1v) is 8.58. The fourth-order valence-electron chi connectivity index (χ4n) is 2.60. The summed E-state index contributed by atoms with van der Waals surface area (Å²) in [6.07, 6.45) is 2.26. The number of hydrogen-bond acceptors (Lipinski definition) is 4. The molecular formula is C24H18O4. The minimum absolute atomic E-state index is 0.475. The molecule has 138 valence electrons. The van der Waals surface area contributed by atoms with Crippen molar-refractivity contribution in [1.29, 1.82) is 0 Å². The third kappa shape index (κ3) is 4.62. The molecule has 28 heavy (non-hydrogen) atoms. The van der Waals surface area contributed by atoms with Crippen molar-refractivity contribution in [1.82, 2.24) is 0 Å². The summed E-state index contributed by atoms with van der Waals surface area (Å²) in [5.41, 5.74) is 4.11. The van der Waals surface area contributed by atoms with Crippen LogP contribution < -0.4 is 9.47 Å². The van der Waals surface area contributed by atoms with Gasteiger partial charge in [0.1, 0.15) is 11.5 Å². The molecule has 0 saturated carbocycles. The van der Waals surface area contributed by atoms with Crippen LogP contribution in [0.1, 0.15) is 0 Å². The van der Waals surface area contributed by atoms with Gasteiger partial charge in [-0.1, -0.05) is 61.7 Å². The van der Waals surface area contributed by atoms with Crippen LogP contribution in [0.5, 0.6) is 11.5 Å². The van der Waals surface area contributed by atoms with Gasteiger partial charge in [0.2, 0.25) is 0 Å². The molecule has 0 bridgehead atoms. The molecule has 0 saturated heterocycles. The van der Waals surface area contributed by atoms with Crippen molar-refractivity contribution < 1.29 is 19.1 Å². The maximum Gasteiger partial charge on any atom is 0.335 e. The number of rotatable bonds is 6. The second-order valence-electron chi connectivity index (χ2n) is 5.88. The number of carbonyl (C=O) groups excluding carboxylic acids is 2. The third-order valence-corrected chi connectivity index (χ3v) is 4.03. The fraction of sp³-hybridized carbons (Fsp3) is 0. The van der Waals surface area contributed by atoms with Gasteiger partial charge in [-0.15, -0.1) is 0 Å². The van der Waals surface area contributed by atoms with Gasteiger partial charge in [-0.3, -0.25) is 0 Å². The van der Waals surface area contributed by atoms with Gasteiger partial charge in [-0.2, -0.15) is 0 Å². The standard InChI is InChI=1S/C24H18O4/c1-3-23(25)27-21-13-9-19(10-14-21)17-5-7-18(8-6-17)20-11-15-22(16-12-20)28-24(26)4-2/h3-16H,1-2H2. The maximum atomic E-state index is 11.2. The number of ether oxygens (including phenoxy) is 2. The molecule has 4 nitrogen and oxygen atoms in total. The molecule has 0 aliphatic heterocycles. The molecule has 0 radical (unpaired) electrons. The van der Waals surface area contributed by atoms with Gasteiger partial charge >= 0.3 is 11.9 Å². The van der Waals surface area contributed by atoms with Crippen LogP contribution in [-0.2, 0) is 9.59 Å². The highest BCUT2D eigenvalue weighted by atomic mass is 16.5. The monoisotopic (exact) mass is 370 g/mol. The van der Waals surface area contributed by atoms with Crippen LogP contribution in [0, 0.1) is 0 Å². The lowest BCUT2D eigenvalue weighted by molar-refractivity contribution is -0.129. The molecule has 0 aliphatic carbocycles. The van der Waals surface area contributed by atoms with E-state index in [1.54, 1.807) is 24.3 Å². The maximum absolute atomic E-state index is 11.2. The summed E-state index contributed by atoms with van der Waals surface area (Å²) in [6.45, 7) is 6.75. The molecule has 3 aromatic carbocycles. The minimum atomic E-state index is -0.484. The molecule has 0 spiro atoms. The van der Waals surface area contributed by atoms with Crippen molar-refractivity contribution in [2.24, 2.45) is 0 Å². The Balaban J connectivity index is 1.72. The Labute approximate surface area is 163 Å². The molecule has 0 aliphatic rings. The van der Waals surface area contributed by atoms with E-state index >= 15 is 0 Å². The summed E-state index contributed by atoms with van der Waals surface area (Å²) in [5, 5.41) is 0. The van der Waals surface area contributed by atoms with Crippen molar-refractivity contribution in [3.63, 3.8) is 0 Å². The first-order chi connectivity index (χ1) is 13.6. The van der Waals surface area contributed by atoms with Crippen molar-refractivity contribution in [2.75, 3.05) is 0 Å². The highest BCUT2D eigenvalue weighted by Crippen LogP contribution is 2.27. The van der Waals surface area contributed by atoms with Crippen molar-refractivity contribution >= 4 is 11.9 Å². The van der Waals surface area contributed by atoms with Gasteiger partial charge in [0.15, 0.2) is 0 Å². The predicted octanol–water partition coefficient (Wildman–Crippen LogP) is 5.20. The molecule has 4 heteroatoms. The average Bonchev–Trinajstić information content (AvgIpc) is 2.75. The Hall–Kier alpha value is -3.92. The second kappa shape index (κ2) is 8.64. The molecule has 3 aromatic rings. The average molecular weight is 370 g/mol. The Kier molecular flexibility index (Phi) is 5.82. The van der Waals surface area contributed by atoms with E-state index in [9.17, 15) is 9.59 Å². The van der Waals surface area contributed by atoms with E-state index in [2.05, 4.69) is 13.2 Å². The van der Waals surface area contributed by atoms with Gasteiger partial charge in [-0.05, 0) is 46.5 Å². The zero-order chi connectivity index (χ0) is 19.9. The normalized spacial score (nSPS) is 10.0. The van der Waals surface area contributed by atoms with Crippen molar-refractivity contribution in [2.45, 2.75) is 0 Å². The summed E-state index contributed by atoms with van der Waals surface area (Å²) in [4.78, 5) is 22.5. The number of hydrogen-bond donors (Lipinski definition) is 0. The first-order valence-electron chi connectivity index (χ1n) is 8.58. The quantitative estimate of drug-likeness (QED) is 0.340. The molecule has 0 aromatic heterocycles. The Bertz CT molecular complexity index is 913. The molecule has 3 rings (SSSR count). The highest BCUT2D eigenvalue weighted by Gasteiger charge is 2.04. The second-order valence-corrected chi connectivity index (χ2v) is 5.88. The van der Waals surface area contributed by atoms with Gasteiger partial charge in [0.25, 0.3) is 0 Å². The van der Waals surface area contributed by atoms with Crippen LogP contribution in [0.3, 0.4) is 0 Å². The number of carbonyl (C=O) groups is 2. The van der Waals surface area contributed by atoms with Gasteiger partial charge in [0, 0.05) is 12.2 Å². The predicted molar refractivity (Wildman–Crippen MR) is 109 cm³/mol. The highest BCUT2D eigenvalue weighted by molar-refractivity contribution is 5.84. The van der Waals surface area contributed by atoms with E-state index in [4.69, 9.17) is 9.47 Å². The molecule has 0 atom stereocenters. The van der Waals surface area contributed by atoms with Crippen LogP contribution in [0.15, 0.2) is 98.1 Å². The molecular weight excluding hydrogens is 352 g/mol. The van der Waals surface area contributed by atoms with Gasteiger partial charge in [0.05, 0.1) is 0 Å². The van der Waals surface area contributed by atoms with E-state index < -0.39 is 11.9 Å². The first kappa shape index (κ1) is 18.9. The number of esters is 2. The SMILES string of the molecule is C=CC(=O)Oc1ccc(-c2ccc(-c3ccc(OC(=O)C=C)cc3)cc2)cc1. The number of benzene rings is 3. The summed E-state index contributed by atoms with van der Waals surface area (Å²) < 4.78 is 10.2. The minimum Gasteiger partial charge on any atom is -0.423 e. The van der Waals surface area contributed by atoms with Gasteiger partial charge < -0.3 is 9.47 Å². The zero-order valence-corrected chi connectivity index (χ0v) is 15.1. The molecule has 0 amide bonds. The van der Waals surface area contributed by atoms with Gasteiger partial charge in [-0.25, -0.2) is 9.59 Å². The van der Waals surface area contributed by atoms with Crippen LogP contribution in [0.2, 0.25) is 0 Å². The summed E-state index contributed by atoms with van der Waals surface area (Å²) in [6, 6.07) is 22.6. The summed E-state index contributed by atoms with van der Waals surface area (Å²) >= 11 is 0. The Morgan fingerprint density at radius 1 is 0.536 bits per heavy atom. The molecule has 0 heterocycles. The van der Waals surface area contributed by atoms with E-state index in [-0.39, 0.29) is 0 Å².